The van der Waals surface area contributed by atoms with E-state index in [4.69, 9.17) is 0 Å². The number of para-hydroxylation sites is 1. The molecule has 110 valence electrons. The molecule has 0 atom stereocenters. The largest absolute Gasteiger partial charge is 0.369 e. The highest BCUT2D eigenvalue weighted by molar-refractivity contribution is 7.09. The number of carbonyl (C=O) groups is 1. The van der Waals surface area contributed by atoms with Gasteiger partial charge >= 0.3 is 0 Å². The highest BCUT2D eigenvalue weighted by Gasteiger charge is 2.17. The van der Waals surface area contributed by atoms with Crippen LogP contribution in [0.5, 0.6) is 0 Å². The monoisotopic (exact) mass is 300 g/mol. The van der Waals surface area contributed by atoms with Crippen molar-refractivity contribution < 1.29 is 4.79 Å². The molecule has 0 saturated carbocycles. The minimum absolute atomic E-state index is 0.149. The van der Waals surface area contributed by atoms with Gasteiger partial charge in [0.25, 0.3) is 0 Å². The summed E-state index contributed by atoms with van der Waals surface area (Å²) < 4.78 is 0. The van der Waals surface area contributed by atoms with Crippen LogP contribution in [0.2, 0.25) is 0 Å². The van der Waals surface area contributed by atoms with Crippen LogP contribution in [0.1, 0.15) is 16.9 Å². The minimum Gasteiger partial charge on any atom is -0.369 e. The maximum atomic E-state index is 11.8. The second-order valence-electron chi connectivity index (χ2n) is 5.30. The van der Waals surface area contributed by atoms with Crippen molar-refractivity contribution in [3.8, 4) is 0 Å². The Labute approximate surface area is 129 Å². The predicted octanol–water partition coefficient (Wildman–Crippen LogP) is 2.86. The standard InChI is InChI=1S/C17H20N2OS/c20-17(8-7-15-5-3-13-21-15)18-10-12-19-11-9-14-4-1-2-6-16(14)19/h1-6,13H,7-12H2,(H,18,20). The first kappa shape index (κ1) is 14.1. The van der Waals surface area contributed by atoms with Gasteiger partial charge < -0.3 is 10.2 Å². The lowest BCUT2D eigenvalue weighted by Crippen LogP contribution is -2.34. The molecule has 3 rings (SSSR count). The lowest BCUT2D eigenvalue weighted by molar-refractivity contribution is -0.120. The summed E-state index contributed by atoms with van der Waals surface area (Å²) in [5, 5.41) is 5.08. The number of rotatable bonds is 6. The Morgan fingerprint density at radius 1 is 1.24 bits per heavy atom. The van der Waals surface area contributed by atoms with Crippen molar-refractivity contribution in [3.05, 3.63) is 52.2 Å². The maximum absolute atomic E-state index is 11.8. The number of hydrogen-bond donors (Lipinski definition) is 1. The first-order valence-corrected chi connectivity index (χ1v) is 8.33. The van der Waals surface area contributed by atoms with Crippen molar-refractivity contribution >= 4 is 22.9 Å². The Hall–Kier alpha value is -1.81. The quantitative estimate of drug-likeness (QED) is 0.889. The van der Waals surface area contributed by atoms with Gasteiger partial charge in [-0.2, -0.15) is 0 Å². The van der Waals surface area contributed by atoms with Crippen LogP contribution >= 0.6 is 11.3 Å². The van der Waals surface area contributed by atoms with E-state index in [1.165, 1.54) is 16.1 Å². The van der Waals surface area contributed by atoms with E-state index in [1.807, 2.05) is 6.07 Å². The molecule has 0 unspecified atom stereocenters. The first-order valence-electron chi connectivity index (χ1n) is 7.45. The van der Waals surface area contributed by atoms with E-state index < -0.39 is 0 Å². The van der Waals surface area contributed by atoms with Gasteiger partial charge in [0.05, 0.1) is 0 Å². The van der Waals surface area contributed by atoms with E-state index in [1.54, 1.807) is 11.3 Å². The zero-order valence-corrected chi connectivity index (χ0v) is 12.9. The van der Waals surface area contributed by atoms with Gasteiger partial charge in [-0.3, -0.25) is 4.79 Å². The minimum atomic E-state index is 0.149. The zero-order chi connectivity index (χ0) is 14.5. The van der Waals surface area contributed by atoms with Crippen molar-refractivity contribution in [3.63, 3.8) is 0 Å². The molecule has 4 heteroatoms. The molecule has 2 heterocycles. The number of aryl methyl sites for hydroxylation is 1. The first-order chi connectivity index (χ1) is 10.3. The maximum Gasteiger partial charge on any atom is 0.220 e. The molecule has 0 fully saturated rings. The molecule has 1 aliphatic rings. The third kappa shape index (κ3) is 3.64. The fourth-order valence-electron chi connectivity index (χ4n) is 2.75. The number of hydrogen-bond acceptors (Lipinski definition) is 3. The molecule has 1 aromatic carbocycles. The Bertz CT molecular complexity index is 595. The summed E-state index contributed by atoms with van der Waals surface area (Å²) in [6.45, 7) is 2.67. The van der Waals surface area contributed by atoms with Crippen molar-refractivity contribution in [2.75, 3.05) is 24.5 Å². The number of benzene rings is 1. The molecule has 1 aliphatic heterocycles. The third-order valence-corrected chi connectivity index (χ3v) is 4.80. The highest BCUT2D eigenvalue weighted by Crippen LogP contribution is 2.26. The number of nitrogens with one attached hydrogen (secondary N) is 1. The van der Waals surface area contributed by atoms with E-state index >= 15 is 0 Å². The van der Waals surface area contributed by atoms with E-state index in [2.05, 4.69) is 45.9 Å². The molecule has 0 bridgehead atoms. The average molecular weight is 300 g/mol. The van der Waals surface area contributed by atoms with Gasteiger partial charge in [0.1, 0.15) is 0 Å². The van der Waals surface area contributed by atoms with Crippen LogP contribution in [0, 0.1) is 0 Å². The lowest BCUT2D eigenvalue weighted by Gasteiger charge is -2.19. The number of thiophene rings is 1. The van der Waals surface area contributed by atoms with E-state index in [9.17, 15) is 4.79 Å². The van der Waals surface area contributed by atoms with Crippen molar-refractivity contribution in [2.45, 2.75) is 19.3 Å². The van der Waals surface area contributed by atoms with Crippen LogP contribution < -0.4 is 10.2 Å². The van der Waals surface area contributed by atoms with Crippen LogP contribution in [0.4, 0.5) is 5.69 Å². The summed E-state index contributed by atoms with van der Waals surface area (Å²) in [6, 6.07) is 12.6. The molecular weight excluding hydrogens is 280 g/mol. The van der Waals surface area contributed by atoms with Gasteiger partial charge in [0, 0.05) is 36.6 Å². The topological polar surface area (TPSA) is 32.3 Å². The summed E-state index contributed by atoms with van der Waals surface area (Å²) in [4.78, 5) is 15.5. The summed E-state index contributed by atoms with van der Waals surface area (Å²) in [7, 11) is 0. The van der Waals surface area contributed by atoms with Gasteiger partial charge in [-0.1, -0.05) is 24.3 Å². The molecule has 0 spiro atoms. The number of fused-ring (bicyclic) bond motifs is 1. The van der Waals surface area contributed by atoms with Gasteiger partial charge in [-0.05, 0) is 35.9 Å². The van der Waals surface area contributed by atoms with Gasteiger partial charge in [-0.25, -0.2) is 0 Å². The highest BCUT2D eigenvalue weighted by atomic mass is 32.1. The molecule has 1 amide bonds. The number of carbonyl (C=O) groups excluding carboxylic acids is 1. The Morgan fingerprint density at radius 3 is 3.00 bits per heavy atom. The molecular formula is C17H20N2OS. The molecule has 2 aromatic rings. The van der Waals surface area contributed by atoms with Gasteiger partial charge in [0.2, 0.25) is 5.91 Å². The van der Waals surface area contributed by atoms with Crippen molar-refractivity contribution in [1.82, 2.24) is 5.32 Å². The van der Waals surface area contributed by atoms with Crippen LogP contribution in [-0.4, -0.2) is 25.5 Å². The van der Waals surface area contributed by atoms with Gasteiger partial charge in [0.15, 0.2) is 0 Å². The Morgan fingerprint density at radius 2 is 2.14 bits per heavy atom. The summed E-state index contributed by atoms with van der Waals surface area (Å²) in [5.41, 5.74) is 2.74. The van der Waals surface area contributed by atoms with Crippen molar-refractivity contribution in [1.29, 1.82) is 0 Å². The number of nitrogens with zero attached hydrogens (tertiary/aromatic N) is 1. The molecule has 1 aromatic heterocycles. The zero-order valence-electron chi connectivity index (χ0n) is 12.0. The number of amides is 1. The van der Waals surface area contributed by atoms with Crippen LogP contribution in [0.25, 0.3) is 0 Å². The molecule has 0 aliphatic carbocycles. The number of anilines is 1. The third-order valence-electron chi connectivity index (χ3n) is 3.87. The second kappa shape index (κ2) is 6.76. The van der Waals surface area contributed by atoms with E-state index in [-0.39, 0.29) is 5.91 Å². The van der Waals surface area contributed by atoms with Crippen LogP contribution in [0.3, 0.4) is 0 Å². The second-order valence-corrected chi connectivity index (χ2v) is 6.33. The fourth-order valence-corrected chi connectivity index (χ4v) is 3.46. The predicted molar refractivity (Wildman–Crippen MR) is 88.0 cm³/mol. The van der Waals surface area contributed by atoms with E-state index in [0.29, 0.717) is 6.42 Å². The molecule has 0 radical (unpaired) electrons. The normalized spacial score (nSPS) is 13.2. The summed E-state index contributed by atoms with van der Waals surface area (Å²) in [6.07, 6.45) is 2.54. The molecule has 3 nitrogen and oxygen atoms in total. The molecule has 0 saturated heterocycles. The fraction of sp³-hybridized carbons (Fsp3) is 0.353. The smallest absolute Gasteiger partial charge is 0.220 e. The van der Waals surface area contributed by atoms with Crippen LogP contribution in [-0.2, 0) is 17.6 Å². The summed E-state index contributed by atoms with van der Waals surface area (Å²) in [5.74, 6) is 0.149. The molecule has 1 N–H and O–H groups in total. The van der Waals surface area contributed by atoms with Gasteiger partial charge in [-0.15, -0.1) is 11.3 Å². The SMILES string of the molecule is O=C(CCc1cccs1)NCCN1CCc2ccccc21. The molecule has 21 heavy (non-hydrogen) atoms. The lowest BCUT2D eigenvalue weighted by atomic mass is 10.2. The van der Waals surface area contributed by atoms with E-state index in [0.717, 1.165) is 32.5 Å². The Kier molecular flexibility index (Phi) is 4.55. The van der Waals surface area contributed by atoms with Crippen LogP contribution in [0.15, 0.2) is 41.8 Å². The Balaban J connectivity index is 1.39. The average Bonchev–Trinajstić information content (AvgIpc) is 3.15. The van der Waals surface area contributed by atoms with Crippen molar-refractivity contribution in [2.24, 2.45) is 0 Å². The summed E-state index contributed by atoms with van der Waals surface area (Å²) >= 11 is 1.71.